The molecule has 1 saturated heterocycles. The van der Waals surface area contributed by atoms with Crippen molar-refractivity contribution in [2.45, 2.75) is 23.9 Å². The third kappa shape index (κ3) is 1.46. The van der Waals surface area contributed by atoms with Gasteiger partial charge >= 0.3 is 6.18 Å². The molecule has 0 saturated carbocycles. The highest BCUT2D eigenvalue weighted by Crippen LogP contribution is 2.45. The van der Waals surface area contributed by atoms with E-state index in [1.165, 1.54) is 6.07 Å². The van der Waals surface area contributed by atoms with Gasteiger partial charge in [-0.2, -0.15) is 13.2 Å². The predicted octanol–water partition coefficient (Wildman–Crippen LogP) is 1.31. The summed E-state index contributed by atoms with van der Waals surface area (Å²) in [5, 5.41) is 1.77. The molecule has 0 spiro atoms. The molecule has 18 heavy (non-hydrogen) atoms. The van der Waals surface area contributed by atoms with Crippen LogP contribution in [0, 0.1) is 0 Å². The van der Waals surface area contributed by atoms with Crippen LogP contribution in [0.5, 0.6) is 5.75 Å². The van der Waals surface area contributed by atoms with Gasteiger partial charge in [0, 0.05) is 5.56 Å². The number of alkyl halides is 3. The van der Waals surface area contributed by atoms with E-state index in [9.17, 15) is 18.0 Å². The van der Waals surface area contributed by atoms with Crippen LogP contribution in [0.4, 0.5) is 13.2 Å². The Hall–Kier alpha value is -1.50. The molecule has 0 unspecified atom stereocenters. The predicted molar refractivity (Wildman–Crippen MR) is 56.1 cm³/mol. The number of carbonyl (C=O) groups is 1. The topological polar surface area (TPSA) is 38.3 Å². The first kappa shape index (κ1) is 11.6. The molecule has 1 amide bonds. The van der Waals surface area contributed by atoms with Crippen molar-refractivity contribution in [1.82, 2.24) is 5.32 Å². The molecule has 1 N–H and O–H groups in total. The highest BCUT2D eigenvalue weighted by atomic mass is 28.1. The smallest absolute Gasteiger partial charge is 0.416 e. The number of carbonyl (C=O) groups excluding carboxylic acids is 1. The van der Waals surface area contributed by atoms with Crippen LogP contribution >= 0.6 is 0 Å². The summed E-state index contributed by atoms with van der Waals surface area (Å²) < 4.78 is 43.1. The minimum Gasteiger partial charge on any atom is -0.487 e. The standard InChI is InChI=1S/C11H7F3NO2Si/c12-11(13,14)5-1-2-6-7(3-5)17-8-4-9(16)15-10(6,8)18/h1-3,8H,4H2,(H,15,16)/t8-,10+/m0/s1. The third-order valence-electron chi connectivity index (χ3n) is 3.19. The first-order valence-electron chi connectivity index (χ1n) is 5.25. The van der Waals surface area contributed by atoms with E-state index in [-0.39, 0.29) is 18.1 Å². The second-order valence-corrected chi connectivity index (χ2v) is 5.16. The number of hydrogen-bond donors (Lipinski definition) is 1. The van der Waals surface area contributed by atoms with Crippen LogP contribution < -0.4 is 10.1 Å². The van der Waals surface area contributed by atoms with Gasteiger partial charge in [-0.15, -0.1) is 0 Å². The quantitative estimate of drug-likeness (QED) is 0.722. The van der Waals surface area contributed by atoms with Gasteiger partial charge in [-0.25, -0.2) is 0 Å². The fraction of sp³-hybridized carbons (Fsp3) is 0.364. The Labute approximate surface area is 104 Å². The zero-order valence-corrected chi connectivity index (χ0v) is 9.97. The number of benzene rings is 1. The molecule has 0 bridgehead atoms. The van der Waals surface area contributed by atoms with Crippen molar-refractivity contribution in [3.8, 4) is 5.75 Å². The summed E-state index contributed by atoms with van der Waals surface area (Å²) in [6, 6.07) is 3.27. The average Bonchev–Trinajstić information content (AvgIpc) is 2.65. The van der Waals surface area contributed by atoms with Crippen LogP contribution in [0.25, 0.3) is 0 Å². The fourth-order valence-electron chi connectivity index (χ4n) is 2.32. The van der Waals surface area contributed by atoms with Gasteiger partial charge in [0.15, 0.2) is 0 Å². The Morgan fingerprint density at radius 1 is 1.44 bits per heavy atom. The Kier molecular flexibility index (Phi) is 2.11. The molecular formula is C11H7F3NO2Si. The van der Waals surface area contributed by atoms with Gasteiger partial charge in [-0.3, -0.25) is 4.79 Å². The number of fused-ring (bicyclic) bond motifs is 3. The molecule has 2 aliphatic heterocycles. The number of halogens is 3. The zero-order chi connectivity index (χ0) is 13.1. The van der Waals surface area contributed by atoms with Gasteiger partial charge < -0.3 is 10.1 Å². The van der Waals surface area contributed by atoms with Crippen molar-refractivity contribution in [3.05, 3.63) is 29.3 Å². The molecule has 3 rings (SSSR count). The van der Waals surface area contributed by atoms with E-state index in [2.05, 4.69) is 15.6 Å². The van der Waals surface area contributed by atoms with E-state index in [1.807, 2.05) is 0 Å². The molecule has 7 heteroatoms. The summed E-state index contributed by atoms with van der Waals surface area (Å²) in [5.74, 6) is -0.0367. The van der Waals surface area contributed by atoms with E-state index in [0.29, 0.717) is 5.56 Å². The summed E-state index contributed by atoms with van der Waals surface area (Å²) in [5.41, 5.74) is -0.245. The van der Waals surface area contributed by atoms with Gasteiger partial charge in [-0.1, -0.05) is 6.07 Å². The van der Waals surface area contributed by atoms with Crippen molar-refractivity contribution in [2.75, 3.05) is 0 Å². The van der Waals surface area contributed by atoms with Crippen LogP contribution in [0.3, 0.4) is 0 Å². The van der Waals surface area contributed by atoms with Gasteiger partial charge in [-0.05, 0) is 12.1 Å². The second-order valence-electron chi connectivity index (χ2n) is 4.38. The van der Waals surface area contributed by atoms with Crippen LogP contribution in [0.15, 0.2) is 18.2 Å². The summed E-state index contributed by atoms with van der Waals surface area (Å²) in [4.78, 5) is 11.3. The molecule has 2 atom stereocenters. The lowest BCUT2D eigenvalue weighted by Gasteiger charge is -2.22. The maximum Gasteiger partial charge on any atom is 0.416 e. The molecule has 1 aromatic rings. The molecule has 2 heterocycles. The molecular weight excluding hydrogens is 263 g/mol. The lowest BCUT2D eigenvalue weighted by atomic mass is 10.0. The van der Waals surface area contributed by atoms with Gasteiger partial charge in [0.2, 0.25) is 5.91 Å². The van der Waals surface area contributed by atoms with E-state index in [4.69, 9.17) is 4.74 Å². The lowest BCUT2D eigenvalue weighted by molar-refractivity contribution is -0.137. The molecule has 1 fully saturated rings. The summed E-state index contributed by atoms with van der Waals surface area (Å²) in [6.07, 6.45) is -4.79. The van der Waals surface area contributed by atoms with E-state index < -0.39 is 23.0 Å². The van der Waals surface area contributed by atoms with Crippen molar-refractivity contribution in [3.63, 3.8) is 0 Å². The molecule has 0 aliphatic carbocycles. The number of hydrogen-bond acceptors (Lipinski definition) is 2. The highest BCUT2D eigenvalue weighted by Gasteiger charge is 2.52. The first-order chi connectivity index (χ1) is 8.30. The van der Waals surface area contributed by atoms with Gasteiger partial charge in [0.1, 0.15) is 11.9 Å². The maximum atomic E-state index is 12.6. The van der Waals surface area contributed by atoms with E-state index in [0.717, 1.165) is 12.1 Å². The Morgan fingerprint density at radius 3 is 2.83 bits per heavy atom. The van der Waals surface area contributed by atoms with Crippen LogP contribution in [0.1, 0.15) is 17.5 Å². The number of ether oxygens (including phenoxy) is 1. The van der Waals surface area contributed by atoms with Crippen molar-refractivity contribution in [2.24, 2.45) is 0 Å². The molecule has 3 nitrogen and oxygen atoms in total. The largest absolute Gasteiger partial charge is 0.487 e. The Bertz CT molecular complexity index is 546. The van der Waals surface area contributed by atoms with Crippen LogP contribution in [-0.2, 0) is 16.1 Å². The Balaban J connectivity index is 2.06. The normalized spacial score (nSPS) is 29.6. The molecule has 1 aromatic carbocycles. The third-order valence-corrected chi connectivity index (χ3v) is 3.91. The summed E-state index contributed by atoms with van der Waals surface area (Å²) in [7, 11) is 3.41. The lowest BCUT2D eigenvalue weighted by Crippen LogP contribution is -2.44. The average molecular weight is 270 g/mol. The van der Waals surface area contributed by atoms with Crippen LogP contribution in [0.2, 0.25) is 0 Å². The van der Waals surface area contributed by atoms with Crippen molar-refractivity contribution < 1.29 is 22.7 Å². The van der Waals surface area contributed by atoms with Crippen LogP contribution in [-0.4, -0.2) is 22.3 Å². The molecule has 2 aliphatic rings. The second kappa shape index (κ2) is 3.28. The van der Waals surface area contributed by atoms with Gasteiger partial charge in [0.25, 0.3) is 0 Å². The number of rotatable bonds is 0. The van der Waals surface area contributed by atoms with Gasteiger partial charge in [0.05, 0.1) is 27.4 Å². The first-order valence-corrected chi connectivity index (χ1v) is 5.75. The summed E-state index contributed by atoms with van der Waals surface area (Å²) >= 11 is 0. The molecule has 93 valence electrons. The maximum absolute atomic E-state index is 12.6. The molecule has 0 aromatic heterocycles. The number of nitrogens with one attached hydrogen (secondary N) is 1. The molecule has 3 radical (unpaired) electrons. The monoisotopic (exact) mass is 270 g/mol. The number of amides is 1. The zero-order valence-electron chi connectivity index (χ0n) is 8.97. The SMILES string of the molecule is O=C1C[C@@H]2Oc3cc(C(F)(F)F)ccc3[C@]2([Si])N1. The fourth-order valence-corrected chi connectivity index (χ4v) is 2.83. The summed E-state index contributed by atoms with van der Waals surface area (Å²) in [6.45, 7) is 0. The minimum atomic E-state index is -4.40. The van der Waals surface area contributed by atoms with E-state index >= 15 is 0 Å². The van der Waals surface area contributed by atoms with E-state index in [1.54, 1.807) is 0 Å². The van der Waals surface area contributed by atoms with Crippen molar-refractivity contribution in [1.29, 1.82) is 0 Å². The highest BCUT2D eigenvalue weighted by molar-refractivity contribution is 6.19. The Morgan fingerprint density at radius 2 is 2.17 bits per heavy atom. The van der Waals surface area contributed by atoms with Crippen molar-refractivity contribution >= 4 is 16.1 Å². The minimum absolute atomic E-state index is 0.125.